The molecule has 1 aliphatic heterocycles. The summed E-state index contributed by atoms with van der Waals surface area (Å²) in [7, 11) is 3.22. The van der Waals surface area contributed by atoms with Crippen LogP contribution in [0, 0.1) is 0 Å². The zero-order chi connectivity index (χ0) is 22.7. The number of rotatable bonds is 7. The first-order chi connectivity index (χ1) is 15.5. The minimum absolute atomic E-state index is 0.218. The summed E-state index contributed by atoms with van der Waals surface area (Å²) < 4.78 is 11.1. The molecule has 1 aromatic heterocycles. The SMILES string of the molecule is COc1cccc(OC)c1CN1Cc2ccc(-c3cccnc3)cc2N(CC(=O)O)C1N. The van der Waals surface area contributed by atoms with Gasteiger partial charge in [-0.2, -0.15) is 0 Å². The zero-order valence-corrected chi connectivity index (χ0v) is 18.1. The standard InChI is InChI=1S/C24H26N4O4/c1-31-21-6-3-7-22(32-2)19(21)14-27-13-18-9-8-16(17-5-4-10-26-12-17)11-20(18)28(24(27)25)15-23(29)30/h3-12,24H,13-15,25H2,1-2H3,(H,29,30). The Labute approximate surface area is 186 Å². The lowest BCUT2D eigenvalue weighted by Crippen LogP contribution is -2.58. The van der Waals surface area contributed by atoms with Gasteiger partial charge in [0.25, 0.3) is 0 Å². The molecule has 1 aliphatic rings. The van der Waals surface area contributed by atoms with Gasteiger partial charge in [-0.1, -0.05) is 24.3 Å². The van der Waals surface area contributed by atoms with Crippen LogP contribution in [-0.4, -0.2) is 48.0 Å². The molecule has 0 radical (unpaired) electrons. The van der Waals surface area contributed by atoms with Gasteiger partial charge < -0.3 is 19.5 Å². The molecule has 8 heteroatoms. The molecule has 166 valence electrons. The number of nitrogens with two attached hydrogens (primary N) is 1. The van der Waals surface area contributed by atoms with Crippen molar-refractivity contribution in [2.24, 2.45) is 5.73 Å². The molecule has 0 spiro atoms. The maximum Gasteiger partial charge on any atom is 0.323 e. The Bertz CT molecular complexity index is 1080. The number of ether oxygens (including phenoxy) is 2. The number of pyridine rings is 1. The first-order valence-electron chi connectivity index (χ1n) is 10.2. The molecule has 32 heavy (non-hydrogen) atoms. The number of nitrogens with zero attached hydrogens (tertiary/aromatic N) is 3. The van der Waals surface area contributed by atoms with Crippen molar-refractivity contribution in [2.75, 3.05) is 25.7 Å². The number of benzene rings is 2. The van der Waals surface area contributed by atoms with Crippen LogP contribution in [0.2, 0.25) is 0 Å². The van der Waals surface area contributed by atoms with Gasteiger partial charge in [0.05, 0.1) is 19.8 Å². The van der Waals surface area contributed by atoms with E-state index in [-0.39, 0.29) is 6.54 Å². The number of methoxy groups -OCH3 is 2. The molecule has 0 saturated carbocycles. The largest absolute Gasteiger partial charge is 0.496 e. The van der Waals surface area contributed by atoms with Crippen LogP contribution in [0.1, 0.15) is 11.1 Å². The van der Waals surface area contributed by atoms with E-state index < -0.39 is 12.3 Å². The van der Waals surface area contributed by atoms with Crippen molar-refractivity contribution in [3.05, 3.63) is 72.1 Å². The predicted octanol–water partition coefficient (Wildman–Crippen LogP) is 2.91. The van der Waals surface area contributed by atoms with E-state index in [1.807, 2.05) is 53.4 Å². The number of carboxylic acids is 1. The van der Waals surface area contributed by atoms with Crippen LogP contribution >= 0.6 is 0 Å². The molecule has 1 atom stereocenters. The van der Waals surface area contributed by atoms with Gasteiger partial charge in [0.1, 0.15) is 24.3 Å². The number of carboxylic acid groups (broad SMARTS) is 1. The Morgan fingerprint density at radius 3 is 2.50 bits per heavy atom. The highest BCUT2D eigenvalue weighted by atomic mass is 16.5. The van der Waals surface area contributed by atoms with Crippen LogP contribution in [0.5, 0.6) is 11.5 Å². The summed E-state index contributed by atoms with van der Waals surface area (Å²) in [5, 5.41) is 9.57. The quantitative estimate of drug-likeness (QED) is 0.585. The third kappa shape index (κ3) is 4.23. The van der Waals surface area contributed by atoms with Gasteiger partial charge in [-0.3, -0.25) is 20.4 Å². The van der Waals surface area contributed by atoms with Gasteiger partial charge in [-0.15, -0.1) is 0 Å². The number of aromatic nitrogens is 1. The molecule has 4 rings (SSSR count). The van der Waals surface area contributed by atoms with Crippen LogP contribution < -0.4 is 20.1 Å². The molecule has 0 fully saturated rings. The van der Waals surface area contributed by atoms with Crippen molar-refractivity contribution in [3.63, 3.8) is 0 Å². The van der Waals surface area contributed by atoms with Crippen LogP contribution in [0.4, 0.5) is 5.69 Å². The smallest absolute Gasteiger partial charge is 0.323 e. The fraction of sp³-hybridized carbons (Fsp3) is 0.250. The minimum atomic E-state index is -0.949. The number of hydrogen-bond acceptors (Lipinski definition) is 7. The second-order valence-electron chi connectivity index (χ2n) is 7.57. The summed E-state index contributed by atoms with van der Waals surface area (Å²) in [6, 6.07) is 15.5. The van der Waals surface area contributed by atoms with Crippen molar-refractivity contribution < 1.29 is 19.4 Å². The first kappa shape index (κ1) is 21.6. The second-order valence-corrected chi connectivity index (χ2v) is 7.57. The van der Waals surface area contributed by atoms with Gasteiger partial charge in [0, 0.05) is 36.7 Å². The molecule has 2 aromatic carbocycles. The summed E-state index contributed by atoms with van der Waals surface area (Å²) >= 11 is 0. The summed E-state index contributed by atoms with van der Waals surface area (Å²) in [6.45, 7) is 0.777. The monoisotopic (exact) mass is 434 g/mol. The number of carbonyl (C=O) groups is 1. The Balaban J connectivity index is 1.72. The molecule has 3 aromatic rings. The summed E-state index contributed by atoms with van der Waals surface area (Å²) in [5.41, 5.74) is 11.2. The van der Waals surface area contributed by atoms with E-state index in [1.165, 1.54) is 0 Å². The normalized spacial score (nSPS) is 15.8. The summed E-state index contributed by atoms with van der Waals surface area (Å²) in [5.74, 6) is 0.438. The lowest BCUT2D eigenvalue weighted by Gasteiger charge is -2.43. The van der Waals surface area contributed by atoms with Gasteiger partial charge in [0.2, 0.25) is 0 Å². The van der Waals surface area contributed by atoms with Gasteiger partial charge in [0.15, 0.2) is 0 Å². The molecule has 0 bridgehead atoms. The molecule has 3 N–H and O–H groups in total. The molecule has 0 saturated heterocycles. The van der Waals surface area contributed by atoms with Crippen molar-refractivity contribution in [2.45, 2.75) is 19.4 Å². The fourth-order valence-corrected chi connectivity index (χ4v) is 4.09. The van der Waals surface area contributed by atoms with Crippen LogP contribution in [0.25, 0.3) is 11.1 Å². The number of anilines is 1. The fourth-order valence-electron chi connectivity index (χ4n) is 4.09. The maximum atomic E-state index is 11.7. The van der Waals surface area contributed by atoms with Crippen LogP contribution in [-0.2, 0) is 17.9 Å². The summed E-state index contributed by atoms with van der Waals surface area (Å²) in [4.78, 5) is 19.6. The Kier molecular flexibility index (Phi) is 6.25. The van der Waals surface area contributed by atoms with Crippen molar-refractivity contribution >= 4 is 11.7 Å². The summed E-state index contributed by atoms with van der Waals surface area (Å²) in [6.07, 6.45) is 2.86. The number of hydrogen-bond donors (Lipinski definition) is 2. The van der Waals surface area contributed by atoms with E-state index in [0.717, 1.165) is 27.9 Å². The third-order valence-electron chi connectivity index (χ3n) is 5.65. The highest BCUT2D eigenvalue weighted by Crippen LogP contribution is 2.36. The number of fused-ring (bicyclic) bond motifs is 1. The lowest BCUT2D eigenvalue weighted by molar-refractivity contribution is -0.135. The van der Waals surface area contributed by atoms with Crippen molar-refractivity contribution in [3.8, 4) is 22.6 Å². The van der Waals surface area contributed by atoms with E-state index in [0.29, 0.717) is 24.6 Å². The van der Waals surface area contributed by atoms with E-state index >= 15 is 0 Å². The van der Waals surface area contributed by atoms with E-state index in [4.69, 9.17) is 15.2 Å². The first-order valence-corrected chi connectivity index (χ1v) is 10.2. The van der Waals surface area contributed by atoms with Crippen molar-refractivity contribution in [1.82, 2.24) is 9.88 Å². The van der Waals surface area contributed by atoms with Gasteiger partial charge >= 0.3 is 5.97 Å². The van der Waals surface area contributed by atoms with Crippen LogP contribution in [0.15, 0.2) is 60.9 Å². The molecular weight excluding hydrogens is 408 g/mol. The minimum Gasteiger partial charge on any atom is -0.496 e. The van der Waals surface area contributed by atoms with E-state index in [9.17, 15) is 9.90 Å². The third-order valence-corrected chi connectivity index (χ3v) is 5.65. The highest BCUT2D eigenvalue weighted by molar-refractivity contribution is 5.77. The molecule has 2 heterocycles. The highest BCUT2D eigenvalue weighted by Gasteiger charge is 2.32. The maximum absolute atomic E-state index is 11.7. The topological polar surface area (TPSA) is 101 Å². The molecule has 1 unspecified atom stereocenters. The van der Waals surface area contributed by atoms with Gasteiger partial charge in [-0.05, 0) is 35.4 Å². The van der Waals surface area contributed by atoms with Crippen LogP contribution in [0.3, 0.4) is 0 Å². The molecule has 0 aliphatic carbocycles. The molecule has 0 amide bonds. The average molecular weight is 434 g/mol. The van der Waals surface area contributed by atoms with E-state index in [1.54, 1.807) is 31.5 Å². The lowest BCUT2D eigenvalue weighted by atomic mass is 10.0. The Hall–Kier alpha value is -3.62. The second kappa shape index (κ2) is 9.25. The van der Waals surface area contributed by atoms with Crippen molar-refractivity contribution in [1.29, 1.82) is 0 Å². The average Bonchev–Trinajstić information content (AvgIpc) is 2.82. The Morgan fingerprint density at radius 2 is 1.88 bits per heavy atom. The predicted molar refractivity (Wildman–Crippen MR) is 121 cm³/mol. The molecular formula is C24H26N4O4. The van der Waals surface area contributed by atoms with E-state index in [2.05, 4.69) is 4.98 Å². The zero-order valence-electron chi connectivity index (χ0n) is 18.1. The molecule has 8 nitrogen and oxygen atoms in total. The number of aliphatic carboxylic acids is 1. The Morgan fingerprint density at radius 1 is 1.12 bits per heavy atom. The van der Waals surface area contributed by atoms with Gasteiger partial charge in [-0.25, -0.2) is 0 Å².